The maximum Gasteiger partial charge on any atom is 0.416 e. The Hall–Kier alpha value is -1.76. The van der Waals surface area contributed by atoms with Crippen LogP contribution >= 0.6 is 0 Å². The molecule has 3 N–H and O–H groups in total. The largest absolute Gasteiger partial charge is 0.444 e. The van der Waals surface area contributed by atoms with E-state index in [4.69, 9.17) is 10.5 Å². The fourth-order valence-electron chi connectivity index (χ4n) is 1.70. The fourth-order valence-corrected chi connectivity index (χ4v) is 1.70. The Balaban J connectivity index is 2.73. The van der Waals surface area contributed by atoms with Crippen LogP contribution in [0.2, 0.25) is 0 Å². The minimum atomic E-state index is -4.49. The van der Waals surface area contributed by atoms with E-state index in [0.717, 1.165) is 6.07 Å². The van der Waals surface area contributed by atoms with Crippen molar-refractivity contribution in [3.05, 3.63) is 35.4 Å². The maximum atomic E-state index is 12.9. The van der Waals surface area contributed by atoms with Crippen LogP contribution in [0.25, 0.3) is 0 Å². The van der Waals surface area contributed by atoms with Gasteiger partial charge in [-0.15, -0.1) is 0 Å². The number of alkyl carbamates (subject to hydrolysis) is 1. The minimum absolute atomic E-state index is 0.0685. The molecule has 0 saturated heterocycles. The summed E-state index contributed by atoms with van der Waals surface area (Å²) in [4.78, 5) is 11.5. The van der Waals surface area contributed by atoms with Crippen molar-refractivity contribution in [2.45, 2.75) is 38.6 Å². The van der Waals surface area contributed by atoms with Gasteiger partial charge < -0.3 is 15.8 Å². The van der Waals surface area contributed by atoms with Crippen LogP contribution in [0.1, 0.15) is 37.9 Å². The number of halogens is 3. The van der Waals surface area contributed by atoms with Gasteiger partial charge in [0, 0.05) is 12.6 Å². The van der Waals surface area contributed by atoms with E-state index in [1.54, 1.807) is 20.8 Å². The standard InChI is InChI=1S/C14H19F3N2O2/c1-13(2,3)21-12(20)19-8-11(18)9-6-4-5-7-10(9)14(15,16)17/h4-7,11H,8,18H2,1-3H3,(H,19,20)/t11-/m1/s1. The van der Waals surface area contributed by atoms with Gasteiger partial charge in [-0.1, -0.05) is 18.2 Å². The molecule has 0 aliphatic rings. The molecule has 1 aromatic rings. The zero-order chi connectivity index (χ0) is 16.3. The Morgan fingerprint density at radius 1 is 1.29 bits per heavy atom. The first-order chi connectivity index (χ1) is 9.50. The van der Waals surface area contributed by atoms with Gasteiger partial charge in [-0.25, -0.2) is 4.79 Å². The van der Waals surface area contributed by atoms with Crippen LogP contribution in [0.5, 0.6) is 0 Å². The number of hydrogen-bond acceptors (Lipinski definition) is 3. The van der Waals surface area contributed by atoms with Crippen LogP contribution < -0.4 is 11.1 Å². The summed E-state index contributed by atoms with van der Waals surface area (Å²) in [6.45, 7) is 4.91. The molecule has 0 saturated carbocycles. The predicted octanol–water partition coefficient (Wildman–Crippen LogP) is 3.23. The van der Waals surface area contributed by atoms with Gasteiger partial charge in [-0.2, -0.15) is 13.2 Å². The highest BCUT2D eigenvalue weighted by Crippen LogP contribution is 2.33. The Morgan fingerprint density at radius 2 is 1.86 bits per heavy atom. The third-order valence-electron chi connectivity index (χ3n) is 2.53. The summed E-state index contributed by atoms with van der Waals surface area (Å²) in [5.41, 5.74) is 4.18. The third-order valence-corrected chi connectivity index (χ3v) is 2.53. The minimum Gasteiger partial charge on any atom is -0.444 e. The predicted molar refractivity (Wildman–Crippen MR) is 72.6 cm³/mol. The molecular weight excluding hydrogens is 285 g/mol. The molecule has 1 atom stereocenters. The average Bonchev–Trinajstić information content (AvgIpc) is 2.33. The van der Waals surface area contributed by atoms with Gasteiger partial charge in [0.05, 0.1) is 5.56 Å². The molecule has 1 rings (SSSR count). The molecule has 0 aromatic heterocycles. The second-order valence-corrected chi connectivity index (χ2v) is 5.57. The molecule has 0 unspecified atom stereocenters. The lowest BCUT2D eigenvalue weighted by atomic mass is 10.0. The zero-order valence-corrected chi connectivity index (χ0v) is 12.1. The zero-order valence-electron chi connectivity index (χ0n) is 12.1. The van der Waals surface area contributed by atoms with Crippen LogP contribution in [0.3, 0.4) is 0 Å². The van der Waals surface area contributed by atoms with E-state index in [9.17, 15) is 18.0 Å². The van der Waals surface area contributed by atoms with Crippen molar-refractivity contribution < 1.29 is 22.7 Å². The summed E-state index contributed by atoms with van der Waals surface area (Å²) in [5, 5.41) is 2.36. The van der Waals surface area contributed by atoms with Crippen molar-refractivity contribution >= 4 is 6.09 Å². The molecule has 4 nitrogen and oxygen atoms in total. The van der Waals surface area contributed by atoms with Gasteiger partial charge in [0.15, 0.2) is 0 Å². The van der Waals surface area contributed by atoms with Crippen LogP contribution in [-0.2, 0) is 10.9 Å². The summed E-state index contributed by atoms with van der Waals surface area (Å²) in [6, 6.07) is 4.04. The molecule has 0 aliphatic heterocycles. The van der Waals surface area contributed by atoms with E-state index < -0.39 is 29.5 Å². The van der Waals surface area contributed by atoms with Gasteiger partial charge >= 0.3 is 12.3 Å². The normalized spacial score (nSPS) is 13.7. The fraction of sp³-hybridized carbons (Fsp3) is 0.500. The van der Waals surface area contributed by atoms with Crippen molar-refractivity contribution in [1.29, 1.82) is 0 Å². The number of nitrogens with one attached hydrogen (secondary N) is 1. The molecule has 21 heavy (non-hydrogen) atoms. The Labute approximate surface area is 121 Å². The number of alkyl halides is 3. The highest BCUT2D eigenvalue weighted by atomic mass is 19.4. The monoisotopic (exact) mass is 304 g/mol. The molecule has 0 aliphatic carbocycles. The summed E-state index contributed by atoms with van der Waals surface area (Å²) in [5.74, 6) is 0. The quantitative estimate of drug-likeness (QED) is 0.901. The lowest BCUT2D eigenvalue weighted by Crippen LogP contribution is -2.37. The molecule has 0 spiro atoms. The molecule has 1 amide bonds. The van der Waals surface area contributed by atoms with Crippen LogP contribution in [0.4, 0.5) is 18.0 Å². The topological polar surface area (TPSA) is 64.3 Å². The summed E-state index contributed by atoms with van der Waals surface area (Å²) >= 11 is 0. The van der Waals surface area contributed by atoms with Crippen molar-refractivity contribution in [1.82, 2.24) is 5.32 Å². The van der Waals surface area contributed by atoms with Crippen molar-refractivity contribution in [3.63, 3.8) is 0 Å². The van der Waals surface area contributed by atoms with Gasteiger partial charge in [-0.05, 0) is 32.4 Å². The van der Waals surface area contributed by atoms with Gasteiger partial charge in [0.1, 0.15) is 5.60 Å². The Morgan fingerprint density at radius 3 is 2.38 bits per heavy atom. The SMILES string of the molecule is CC(C)(C)OC(=O)NC[C@@H](N)c1ccccc1C(F)(F)F. The van der Waals surface area contributed by atoms with Gasteiger partial charge in [0.25, 0.3) is 0 Å². The van der Waals surface area contributed by atoms with E-state index in [-0.39, 0.29) is 12.1 Å². The van der Waals surface area contributed by atoms with E-state index in [2.05, 4.69) is 5.32 Å². The number of carbonyl (C=O) groups is 1. The van der Waals surface area contributed by atoms with Crippen molar-refractivity contribution in [3.8, 4) is 0 Å². The lowest BCUT2D eigenvalue weighted by molar-refractivity contribution is -0.138. The first-order valence-corrected chi connectivity index (χ1v) is 6.39. The maximum absolute atomic E-state index is 12.9. The highest BCUT2D eigenvalue weighted by Gasteiger charge is 2.34. The van der Waals surface area contributed by atoms with E-state index in [0.29, 0.717) is 0 Å². The first-order valence-electron chi connectivity index (χ1n) is 6.39. The van der Waals surface area contributed by atoms with Crippen molar-refractivity contribution in [2.24, 2.45) is 5.73 Å². The summed E-state index contributed by atoms with van der Waals surface area (Å²) < 4.78 is 43.6. The molecule has 0 heterocycles. The molecular formula is C14H19F3N2O2. The molecule has 1 aromatic carbocycles. The molecule has 118 valence electrons. The summed E-state index contributed by atoms with van der Waals surface area (Å²) in [6.07, 6.45) is -5.21. The number of hydrogen-bond donors (Lipinski definition) is 2. The third kappa shape index (κ3) is 5.63. The average molecular weight is 304 g/mol. The van der Waals surface area contributed by atoms with E-state index in [1.165, 1.54) is 18.2 Å². The van der Waals surface area contributed by atoms with Crippen LogP contribution in [0, 0.1) is 0 Å². The number of carbonyl (C=O) groups excluding carboxylic acids is 1. The second kappa shape index (κ2) is 6.34. The number of amides is 1. The molecule has 0 fully saturated rings. The Bertz CT molecular complexity index is 496. The van der Waals surface area contributed by atoms with Gasteiger partial charge in [-0.3, -0.25) is 0 Å². The molecule has 7 heteroatoms. The number of nitrogens with two attached hydrogens (primary N) is 1. The molecule has 0 radical (unpaired) electrons. The first kappa shape index (κ1) is 17.3. The number of ether oxygens (including phenoxy) is 1. The Kier molecular flexibility index (Phi) is 5.22. The molecule has 0 bridgehead atoms. The van der Waals surface area contributed by atoms with Gasteiger partial charge in [0.2, 0.25) is 0 Å². The van der Waals surface area contributed by atoms with E-state index in [1.807, 2.05) is 0 Å². The summed E-state index contributed by atoms with van der Waals surface area (Å²) in [7, 11) is 0. The van der Waals surface area contributed by atoms with Crippen molar-refractivity contribution in [2.75, 3.05) is 6.54 Å². The second-order valence-electron chi connectivity index (χ2n) is 5.57. The number of rotatable bonds is 3. The van der Waals surface area contributed by atoms with E-state index >= 15 is 0 Å². The van der Waals surface area contributed by atoms with Crippen LogP contribution in [-0.4, -0.2) is 18.2 Å². The van der Waals surface area contributed by atoms with Crippen LogP contribution in [0.15, 0.2) is 24.3 Å². The highest BCUT2D eigenvalue weighted by molar-refractivity contribution is 5.67. The number of benzene rings is 1. The lowest BCUT2D eigenvalue weighted by Gasteiger charge is -2.22. The smallest absolute Gasteiger partial charge is 0.416 e.